The van der Waals surface area contributed by atoms with Crippen LogP contribution < -0.4 is 9.47 Å². The predicted octanol–water partition coefficient (Wildman–Crippen LogP) is 3.55. The van der Waals surface area contributed by atoms with E-state index < -0.39 is 26.4 Å². The van der Waals surface area contributed by atoms with Gasteiger partial charge in [-0.3, -0.25) is 0 Å². The normalized spacial score (nSPS) is 25.3. The molecule has 2 aromatic rings. The Morgan fingerprint density at radius 3 is 2.61 bits per heavy atom. The molecule has 1 fully saturated rings. The summed E-state index contributed by atoms with van der Waals surface area (Å²) in [6.45, 7) is 2.37. The van der Waals surface area contributed by atoms with Gasteiger partial charge in [0.25, 0.3) is 0 Å². The molecule has 4 rings (SSSR count). The maximum Gasteiger partial charge on any atom is 0.231 e. The van der Waals surface area contributed by atoms with Gasteiger partial charge in [0.2, 0.25) is 6.79 Å². The van der Waals surface area contributed by atoms with Crippen molar-refractivity contribution in [3.05, 3.63) is 53.1 Å². The molecule has 0 radical (unpaired) electrons. The molecule has 1 aliphatic heterocycles. The van der Waals surface area contributed by atoms with Crippen LogP contribution in [0.15, 0.2) is 47.4 Å². The van der Waals surface area contributed by atoms with Crippen molar-refractivity contribution in [1.82, 2.24) is 0 Å². The molecule has 1 aliphatic carbocycles. The van der Waals surface area contributed by atoms with E-state index in [1.807, 2.05) is 6.92 Å². The number of halogens is 1. The maximum absolute atomic E-state index is 13.4. The van der Waals surface area contributed by atoms with Crippen LogP contribution in [-0.4, -0.2) is 33.7 Å². The highest BCUT2D eigenvalue weighted by Crippen LogP contribution is 2.64. The van der Waals surface area contributed by atoms with Crippen molar-refractivity contribution in [3.63, 3.8) is 0 Å². The third-order valence-electron chi connectivity index (χ3n) is 5.24. The number of benzene rings is 2. The molecule has 0 bridgehead atoms. The highest BCUT2D eigenvalue weighted by Gasteiger charge is 2.72. The third-order valence-corrected chi connectivity index (χ3v) is 7.78. The highest BCUT2D eigenvalue weighted by molar-refractivity contribution is 7.92. The van der Waals surface area contributed by atoms with Crippen LogP contribution >= 0.6 is 11.6 Å². The number of hydrogen-bond acceptors (Lipinski definition) is 6. The first-order valence-electron chi connectivity index (χ1n) is 8.82. The minimum atomic E-state index is -3.78. The Hall–Kier alpha value is -2.27. The Morgan fingerprint density at radius 1 is 1.21 bits per heavy atom. The molecule has 0 unspecified atom stereocenters. The standard InChI is InChI=1S/C20H18ClNO5S/c1-2-25-11-20(10-22)18(13-3-8-16-17(9-13)27-12-26-16)19(20)28(23,24)15-6-4-14(21)5-7-15/h3-9,18-19H,2,11-12H2,1H3/t18-,19+,20+/m1/s1. The van der Waals surface area contributed by atoms with Crippen LogP contribution in [0.5, 0.6) is 11.5 Å². The second kappa shape index (κ2) is 6.96. The summed E-state index contributed by atoms with van der Waals surface area (Å²) in [5.41, 5.74) is -0.449. The first-order chi connectivity index (χ1) is 13.4. The van der Waals surface area contributed by atoms with Gasteiger partial charge in [-0.15, -0.1) is 0 Å². The zero-order chi connectivity index (χ0) is 19.9. The van der Waals surface area contributed by atoms with Gasteiger partial charge >= 0.3 is 0 Å². The van der Waals surface area contributed by atoms with Crippen molar-refractivity contribution in [2.24, 2.45) is 5.41 Å². The zero-order valence-electron chi connectivity index (χ0n) is 15.1. The van der Waals surface area contributed by atoms with Crippen molar-refractivity contribution in [2.75, 3.05) is 20.0 Å². The smallest absolute Gasteiger partial charge is 0.231 e. The van der Waals surface area contributed by atoms with E-state index in [4.69, 9.17) is 25.8 Å². The minimum absolute atomic E-state index is 0.0383. The quantitative estimate of drug-likeness (QED) is 0.711. The highest BCUT2D eigenvalue weighted by atomic mass is 35.5. The summed E-state index contributed by atoms with van der Waals surface area (Å²) >= 11 is 5.89. The first-order valence-corrected chi connectivity index (χ1v) is 10.7. The van der Waals surface area contributed by atoms with Gasteiger partial charge in [0.15, 0.2) is 21.3 Å². The molecule has 0 N–H and O–H groups in total. The maximum atomic E-state index is 13.4. The fraction of sp³-hybridized carbons (Fsp3) is 0.350. The Kier molecular flexibility index (Phi) is 4.74. The molecule has 0 spiro atoms. The molecule has 0 amide bonds. The van der Waals surface area contributed by atoms with Crippen molar-refractivity contribution >= 4 is 21.4 Å². The van der Waals surface area contributed by atoms with Crippen LogP contribution in [0.3, 0.4) is 0 Å². The third kappa shape index (κ3) is 2.93. The zero-order valence-corrected chi connectivity index (χ0v) is 16.7. The first kappa shape index (κ1) is 19.1. The van der Waals surface area contributed by atoms with Crippen LogP contribution in [0.4, 0.5) is 0 Å². The number of fused-ring (bicyclic) bond motifs is 1. The summed E-state index contributed by atoms with van der Waals surface area (Å²) in [4.78, 5) is 0.140. The molecule has 0 saturated heterocycles. The van der Waals surface area contributed by atoms with E-state index in [1.54, 1.807) is 18.2 Å². The van der Waals surface area contributed by atoms with Gasteiger partial charge in [0.1, 0.15) is 5.41 Å². The molecular formula is C20H18ClNO5S. The van der Waals surface area contributed by atoms with Crippen LogP contribution in [0.2, 0.25) is 5.02 Å². The average Bonchev–Trinajstić information content (AvgIpc) is 3.15. The number of hydrogen-bond donors (Lipinski definition) is 0. The predicted molar refractivity (Wildman–Crippen MR) is 102 cm³/mol. The molecule has 8 heteroatoms. The molecule has 3 atom stereocenters. The molecule has 6 nitrogen and oxygen atoms in total. The molecule has 1 saturated carbocycles. The number of rotatable bonds is 6. The van der Waals surface area contributed by atoms with Crippen molar-refractivity contribution in [2.45, 2.75) is 23.0 Å². The van der Waals surface area contributed by atoms with Gasteiger partial charge in [-0.2, -0.15) is 5.26 Å². The Bertz CT molecular complexity index is 1050. The van der Waals surface area contributed by atoms with Gasteiger partial charge in [-0.1, -0.05) is 17.7 Å². The van der Waals surface area contributed by atoms with E-state index in [-0.39, 0.29) is 18.3 Å². The second-order valence-electron chi connectivity index (χ2n) is 6.80. The van der Waals surface area contributed by atoms with Gasteiger partial charge < -0.3 is 14.2 Å². The van der Waals surface area contributed by atoms with Crippen molar-refractivity contribution < 1.29 is 22.6 Å². The summed E-state index contributed by atoms with van der Waals surface area (Å²) in [7, 11) is -3.78. The van der Waals surface area contributed by atoms with E-state index in [0.29, 0.717) is 28.7 Å². The molecule has 0 aromatic heterocycles. The number of nitrogens with zero attached hydrogens (tertiary/aromatic N) is 1. The monoisotopic (exact) mass is 419 g/mol. The second-order valence-corrected chi connectivity index (χ2v) is 9.30. The fourth-order valence-electron chi connectivity index (χ4n) is 3.82. The molecule has 146 valence electrons. The van der Waals surface area contributed by atoms with Gasteiger partial charge in [-0.05, 0) is 48.9 Å². The lowest BCUT2D eigenvalue weighted by molar-refractivity contribution is 0.117. The summed E-state index contributed by atoms with van der Waals surface area (Å²) in [6, 6.07) is 13.5. The summed E-state index contributed by atoms with van der Waals surface area (Å²) in [6.07, 6.45) is 0. The summed E-state index contributed by atoms with van der Waals surface area (Å²) in [5, 5.41) is 9.49. The lowest BCUT2D eigenvalue weighted by Gasteiger charge is -2.10. The van der Waals surface area contributed by atoms with E-state index in [0.717, 1.165) is 0 Å². The molecule has 28 heavy (non-hydrogen) atoms. The lowest BCUT2D eigenvalue weighted by Crippen LogP contribution is -2.19. The minimum Gasteiger partial charge on any atom is -0.454 e. The van der Waals surface area contributed by atoms with Gasteiger partial charge in [0, 0.05) is 17.5 Å². The number of nitriles is 1. The van der Waals surface area contributed by atoms with E-state index >= 15 is 0 Å². The lowest BCUT2D eigenvalue weighted by atomic mass is 10.0. The van der Waals surface area contributed by atoms with Gasteiger partial charge in [0.05, 0.1) is 22.8 Å². The van der Waals surface area contributed by atoms with Crippen LogP contribution in [0.25, 0.3) is 0 Å². The fourth-order valence-corrected chi connectivity index (χ4v) is 6.25. The molecule has 2 aromatic carbocycles. The number of sulfone groups is 1. The molecular weight excluding hydrogens is 402 g/mol. The van der Waals surface area contributed by atoms with Crippen LogP contribution in [-0.2, 0) is 14.6 Å². The van der Waals surface area contributed by atoms with Crippen LogP contribution in [0.1, 0.15) is 18.4 Å². The van der Waals surface area contributed by atoms with Crippen LogP contribution in [0, 0.1) is 16.7 Å². The topological polar surface area (TPSA) is 85.6 Å². The average molecular weight is 420 g/mol. The molecule has 1 heterocycles. The SMILES string of the molecule is CCOC[C@@]1(C#N)[C@H](c2ccc3c(c2)OCO3)[C@@H]1S(=O)(=O)c1ccc(Cl)cc1. The van der Waals surface area contributed by atoms with Gasteiger partial charge in [-0.25, -0.2) is 8.42 Å². The number of ether oxygens (including phenoxy) is 3. The molecule has 2 aliphatic rings. The van der Waals surface area contributed by atoms with E-state index in [2.05, 4.69) is 6.07 Å². The largest absolute Gasteiger partial charge is 0.454 e. The van der Waals surface area contributed by atoms with Crippen molar-refractivity contribution in [1.29, 1.82) is 5.26 Å². The Labute approximate surface area is 168 Å². The summed E-state index contributed by atoms with van der Waals surface area (Å²) < 4.78 is 43.0. The van der Waals surface area contributed by atoms with Crippen molar-refractivity contribution in [3.8, 4) is 17.6 Å². The van der Waals surface area contributed by atoms with E-state index in [1.165, 1.54) is 24.3 Å². The Balaban J connectivity index is 1.77. The Morgan fingerprint density at radius 2 is 1.93 bits per heavy atom. The summed E-state index contributed by atoms with van der Waals surface area (Å²) in [5.74, 6) is 0.628. The van der Waals surface area contributed by atoms with E-state index in [9.17, 15) is 13.7 Å².